The summed E-state index contributed by atoms with van der Waals surface area (Å²) in [5, 5.41) is 1.04. The summed E-state index contributed by atoms with van der Waals surface area (Å²) in [7, 11) is 0. The molecule has 6 nitrogen and oxygen atoms in total. The van der Waals surface area contributed by atoms with E-state index in [1.165, 1.54) is 11.8 Å². The van der Waals surface area contributed by atoms with Crippen molar-refractivity contribution in [1.29, 1.82) is 0 Å². The molecule has 4 heterocycles. The largest absolute Gasteiger partial charge is 0.458 e. The van der Waals surface area contributed by atoms with Crippen LogP contribution in [0.2, 0.25) is 0 Å². The van der Waals surface area contributed by atoms with Crippen LogP contribution in [0.3, 0.4) is 0 Å². The van der Waals surface area contributed by atoms with Crippen molar-refractivity contribution in [2.24, 2.45) is 0 Å². The van der Waals surface area contributed by atoms with E-state index in [0.29, 0.717) is 30.0 Å². The van der Waals surface area contributed by atoms with E-state index in [1.807, 2.05) is 43.5 Å². The van der Waals surface area contributed by atoms with E-state index in [-0.39, 0.29) is 12.2 Å². The molecule has 1 aromatic carbocycles. The molecule has 0 saturated heterocycles. The highest BCUT2D eigenvalue weighted by molar-refractivity contribution is 7.98. The molecule has 29 heavy (non-hydrogen) atoms. The molecule has 7 heteroatoms. The Morgan fingerprint density at radius 3 is 2.90 bits per heavy atom. The first-order valence-electron chi connectivity index (χ1n) is 9.55. The molecule has 2 aliphatic heterocycles. The number of aromatic nitrogens is 2. The zero-order valence-electron chi connectivity index (χ0n) is 16.2. The van der Waals surface area contributed by atoms with Gasteiger partial charge in [-0.25, -0.2) is 9.78 Å². The number of para-hydroxylation sites is 1. The minimum absolute atomic E-state index is 0.0244. The van der Waals surface area contributed by atoms with Crippen LogP contribution >= 0.6 is 11.8 Å². The topological polar surface area (TPSA) is 70.4 Å². The summed E-state index contributed by atoms with van der Waals surface area (Å²) in [5.74, 6) is -0.101. The number of fused-ring (bicyclic) bond motifs is 5. The Morgan fingerprint density at radius 1 is 1.28 bits per heavy atom. The molecular formula is C22H20N2O4S. The van der Waals surface area contributed by atoms with E-state index in [0.717, 1.165) is 27.9 Å². The van der Waals surface area contributed by atoms with Crippen molar-refractivity contribution in [2.75, 3.05) is 12.2 Å². The molecule has 0 N–H and O–H groups in total. The number of cyclic esters (lactones) is 1. The number of pyridine rings is 2. The van der Waals surface area contributed by atoms with Gasteiger partial charge < -0.3 is 14.0 Å². The van der Waals surface area contributed by atoms with E-state index >= 15 is 0 Å². The molecule has 0 fully saturated rings. The van der Waals surface area contributed by atoms with Crippen LogP contribution in [0.15, 0.2) is 41.2 Å². The molecule has 148 valence electrons. The van der Waals surface area contributed by atoms with Crippen molar-refractivity contribution in [3.05, 3.63) is 63.4 Å². The van der Waals surface area contributed by atoms with Crippen molar-refractivity contribution >= 4 is 28.6 Å². The van der Waals surface area contributed by atoms with Gasteiger partial charge in [-0.05, 0) is 30.9 Å². The lowest BCUT2D eigenvalue weighted by molar-refractivity contribution is -0.177. The Morgan fingerprint density at radius 2 is 2.10 bits per heavy atom. The summed E-state index contributed by atoms with van der Waals surface area (Å²) < 4.78 is 13.1. The highest BCUT2D eigenvalue weighted by Crippen LogP contribution is 2.41. The van der Waals surface area contributed by atoms with Gasteiger partial charge in [0.15, 0.2) is 5.60 Å². The molecule has 5 rings (SSSR count). The third-order valence-electron chi connectivity index (χ3n) is 5.81. The standard InChI is InChI=1S/C22H20N2O4S/c1-3-22(28-12-29-2)16-9-18-19-14(8-13-6-4-5-7-17(13)23-19)10-24(18)20(25)15(16)11-27-21(22)26/h4-9H,3,10-12H2,1-2H3/t22-/m0/s1. The van der Waals surface area contributed by atoms with Gasteiger partial charge in [-0.1, -0.05) is 25.1 Å². The van der Waals surface area contributed by atoms with Crippen molar-refractivity contribution in [3.8, 4) is 11.4 Å². The average Bonchev–Trinajstić information content (AvgIpc) is 3.10. The SMILES string of the molecule is CC[C@@]1(OCSC)C(=O)OCc2c1cc1n(c2=O)Cc2cc3ccccc3nc2-1. The highest BCUT2D eigenvalue weighted by atomic mass is 32.2. The second-order valence-corrected chi connectivity index (χ2v) is 8.12. The third kappa shape index (κ3) is 2.57. The summed E-state index contributed by atoms with van der Waals surface area (Å²) in [6.07, 6.45) is 2.29. The number of carbonyl (C=O) groups is 1. The van der Waals surface area contributed by atoms with Gasteiger partial charge >= 0.3 is 5.97 Å². The molecule has 0 unspecified atom stereocenters. The molecule has 0 bridgehead atoms. The van der Waals surface area contributed by atoms with Crippen LogP contribution in [-0.2, 0) is 33.0 Å². The smallest absolute Gasteiger partial charge is 0.343 e. The predicted octanol–water partition coefficient (Wildman–Crippen LogP) is 3.42. The maximum Gasteiger partial charge on any atom is 0.343 e. The maximum atomic E-state index is 13.3. The molecule has 0 spiro atoms. The maximum absolute atomic E-state index is 13.3. The quantitative estimate of drug-likeness (QED) is 0.381. The minimum Gasteiger partial charge on any atom is -0.458 e. The van der Waals surface area contributed by atoms with Crippen LogP contribution in [0.25, 0.3) is 22.3 Å². The molecule has 1 atom stereocenters. The lowest BCUT2D eigenvalue weighted by Crippen LogP contribution is -2.46. The molecule has 3 aromatic rings. The first-order chi connectivity index (χ1) is 14.1. The number of ether oxygens (including phenoxy) is 2. The second kappa shape index (κ2) is 6.71. The number of nitrogens with zero attached hydrogens (tertiary/aromatic N) is 2. The Balaban J connectivity index is 1.76. The van der Waals surface area contributed by atoms with Crippen molar-refractivity contribution in [3.63, 3.8) is 0 Å². The number of hydrogen-bond donors (Lipinski definition) is 0. The van der Waals surface area contributed by atoms with Crippen molar-refractivity contribution in [2.45, 2.75) is 32.1 Å². The van der Waals surface area contributed by atoms with Gasteiger partial charge in [0.05, 0.1) is 35.0 Å². The van der Waals surface area contributed by atoms with Gasteiger partial charge in [-0.15, -0.1) is 11.8 Å². The van der Waals surface area contributed by atoms with Crippen LogP contribution in [0.4, 0.5) is 0 Å². The van der Waals surface area contributed by atoms with Gasteiger partial charge in [0.25, 0.3) is 5.56 Å². The monoisotopic (exact) mass is 408 g/mol. The van der Waals surface area contributed by atoms with Gasteiger partial charge in [-0.2, -0.15) is 0 Å². The first kappa shape index (κ1) is 18.4. The van der Waals surface area contributed by atoms with E-state index in [4.69, 9.17) is 14.5 Å². The van der Waals surface area contributed by atoms with Crippen LogP contribution in [-0.4, -0.2) is 27.7 Å². The fraction of sp³-hybridized carbons (Fsp3) is 0.318. The van der Waals surface area contributed by atoms with Gasteiger partial charge in [0, 0.05) is 16.5 Å². The summed E-state index contributed by atoms with van der Waals surface area (Å²) in [6.45, 7) is 2.32. The summed E-state index contributed by atoms with van der Waals surface area (Å²) in [5.41, 5.74) is 3.11. The number of hydrogen-bond acceptors (Lipinski definition) is 6. The normalized spacial score (nSPS) is 19.6. The van der Waals surface area contributed by atoms with E-state index in [1.54, 1.807) is 4.57 Å². The Labute approximate surface area is 171 Å². The van der Waals surface area contributed by atoms with Gasteiger partial charge in [0.2, 0.25) is 0 Å². The van der Waals surface area contributed by atoms with Crippen LogP contribution in [0.5, 0.6) is 0 Å². The van der Waals surface area contributed by atoms with Gasteiger partial charge in [-0.3, -0.25) is 4.79 Å². The molecule has 0 saturated carbocycles. The minimum atomic E-state index is -1.26. The Kier molecular flexibility index (Phi) is 4.26. The lowest BCUT2D eigenvalue weighted by atomic mass is 9.85. The highest BCUT2D eigenvalue weighted by Gasteiger charge is 2.48. The van der Waals surface area contributed by atoms with Crippen LogP contribution < -0.4 is 5.56 Å². The number of thioether (sulfide) groups is 1. The number of carbonyl (C=O) groups excluding carboxylic acids is 1. The third-order valence-corrected chi connectivity index (χ3v) is 6.16. The fourth-order valence-electron chi connectivity index (χ4n) is 4.31. The predicted molar refractivity (Wildman–Crippen MR) is 112 cm³/mol. The zero-order chi connectivity index (χ0) is 20.2. The molecule has 2 aliphatic rings. The molecule has 2 aromatic heterocycles. The number of esters is 1. The zero-order valence-corrected chi connectivity index (χ0v) is 17.0. The van der Waals surface area contributed by atoms with E-state index in [2.05, 4.69) is 6.07 Å². The fourth-order valence-corrected chi connectivity index (χ4v) is 4.63. The van der Waals surface area contributed by atoms with Crippen LogP contribution in [0, 0.1) is 0 Å². The van der Waals surface area contributed by atoms with Gasteiger partial charge in [0.1, 0.15) is 6.61 Å². The molecule has 0 amide bonds. The summed E-state index contributed by atoms with van der Waals surface area (Å²) >= 11 is 1.48. The van der Waals surface area contributed by atoms with Crippen molar-refractivity contribution in [1.82, 2.24) is 9.55 Å². The Bertz CT molecular complexity index is 1220. The van der Waals surface area contributed by atoms with Crippen molar-refractivity contribution < 1.29 is 14.3 Å². The number of rotatable bonds is 4. The molecule has 0 aliphatic carbocycles. The Hall–Kier alpha value is -2.64. The van der Waals surface area contributed by atoms with E-state index < -0.39 is 11.6 Å². The second-order valence-electron chi connectivity index (χ2n) is 7.31. The average molecular weight is 408 g/mol. The summed E-state index contributed by atoms with van der Waals surface area (Å²) in [4.78, 5) is 30.9. The molecule has 0 radical (unpaired) electrons. The molecular weight excluding hydrogens is 388 g/mol. The summed E-state index contributed by atoms with van der Waals surface area (Å²) in [6, 6.07) is 11.9. The lowest BCUT2D eigenvalue weighted by Gasteiger charge is -2.36. The number of benzene rings is 1. The van der Waals surface area contributed by atoms with E-state index in [9.17, 15) is 9.59 Å². The first-order valence-corrected chi connectivity index (χ1v) is 10.9. The van der Waals surface area contributed by atoms with Crippen LogP contribution in [0.1, 0.15) is 30.0 Å².